The molecule has 1 heterocycles. The van der Waals surface area contributed by atoms with Gasteiger partial charge in [0.1, 0.15) is 0 Å². The summed E-state index contributed by atoms with van der Waals surface area (Å²) in [5.74, 6) is 0.782. The molecule has 2 rings (SSSR count). The van der Waals surface area contributed by atoms with Crippen LogP contribution in [0.1, 0.15) is 12.5 Å². The van der Waals surface area contributed by atoms with Crippen LogP contribution < -0.4 is 5.32 Å². The van der Waals surface area contributed by atoms with Gasteiger partial charge in [0.15, 0.2) is 0 Å². The third-order valence-electron chi connectivity index (χ3n) is 2.23. The van der Waals surface area contributed by atoms with Crippen LogP contribution in [0.3, 0.4) is 0 Å². The van der Waals surface area contributed by atoms with Gasteiger partial charge in [0.2, 0.25) is 0 Å². The van der Waals surface area contributed by atoms with Crippen LogP contribution in [-0.2, 0) is 6.42 Å². The van der Waals surface area contributed by atoms with Crippen LogP contribution in [0.15, 0.2) is 24.3 Å². The van der Waals surface area contributed by atoms with Crippen molar-refractivity contribution < 1.29 is 0 Å². The van der Waals surface area contributed by atoms with Crippen LogP contribution in [0.5, 0.6) is 0 Å². The van der Waals surface area contributed by atoms with E-state index < -0.39 is 0 Å². The van der Waals surface area contributed by atoms with Crippen LogP contribution in [-0.4, -0.2) is 6.54 Å². The van der Waals surface area contributed by atoms with E-state index in [1.54, 1.807) is 0 Å². The molecule has 0 spiro atoms. The van der Waals surface area contributed by atoms with E-state index in [0.29, 0.717) is 0 Å². The summed E-state index contributed by atoms with van der Waals surface area (Å²) in [6.07, 6.45) is 1.23. The molecule has 2 heteroatoms. The van der Waals surface area contributed by atoms with Gasteiger partial charge in [0.05, 0.1) is 0 Å². The first-order valence-electron chi connectivity index (χ1n) is 4.18. The predicted molar refractivity (Wildman–Crippen MR) is 55.0 cm³/mol. The molecule has 1 aliphatic rings. The Morgan fingerprint density at radius 2 is 2.08 bits per heavy atom. The van der Waals surface area contributed by atoms with E-state index in [2.05, 4.69) is 36.5 Å². The van der Waals surface area contributed by atoms with Gasteiger partial charge in [-0.25, -0.2) is 0 Å². The topological polar surface area (TPSA) is 12.0 Å². The van der Waals surface area contributed by atoms with Crippen LogP contribution in [0.25, 0.3) is 0 Å². The Morgan fingerprint density at radius 1 is 1.33 bits per heavy atom. The average molecular weight is 184 g/mol. The molecule has 66 valence electrons. The van der Waals surface area contributed by atoms with Crippen molar-refractivity contribution in [1.29, 1.82) is 0 Å². The van der Waals surface area contributed by atoms with Gasteiger partial charge in [0.25, 0.3) is 0 Å². The Kier molecular flexibility index (Phi) is 2.99. The SMILES string of the molecule is C[C@@H]1CNc2ccccc2C1.Cl. The smallest absolute Gasteiger partial charge is 0.0372 e. The first-order chi connectivity index (χ1) is 5.36. The van der Waals surface area contributed by atoms with Crippen molar-refractivity contribution >= 4 is 18.1 Å². The number of fused-ring (bicyclic) bond motifs is 1. The summed E-state index contributed by atoms with van der Waals surface area (Å²) in [5.41, 5.74) is 2.79. The fourth-order valence-electron chi connectivity index (χ4n) is 1.60. The minimum Gasteiger partial charge on any atom is -0.385 e. The van der Waals surface area contributed by atoms with Crippen molar-refractivity contribution in [2.75, 3.05) is 11.9 Å². The first kappa shape index (κ1) is 9.40. The zero-order valence-electron chi connectivity index (χ0n) is 7.21. The summed E-state index contributed by atoms with van der Waals surface area (Å²) in [7, 11) is 0. The van der Waals surface area contributed by atoms with E-state index in [1.807, 2.05) is 0 Å². The third kappa shape index (κ3) is 1.72. The highest BCUT2D eigenvalue weighted by atomic mass is 35.5. The zero-order chi connectivity index (χ0) is 7.68. The maximum Gasteiger partial charge on any atom is 0.0372 e. The quantitative estimate of drug-likeness (QED) is 0.652. The monoisotopic (exact) mass is 183 g/mol. The van der Waals surface area contributed by atoms with Crippen molar-refractivity contribution in [3.8, 4) is 0 Å². The maximum atomic E-state index is 3.41. The zero-order valence-corrected chi connectivity index (χ0v) is 8.03. The third-order valence-corrected chi connectivity index (χ3v) is 2.23. The van der Waals surface area contributed by atoms with Crippen LogP contribution in [0.2, 0.25) is 0 Å². The molecule has 0 fully saturated rings. The van der Waals surface area contributed by atoms with Gasteiger partial charge in [-0.3, -0.25) is 0 Å². The second kappa shape index (κ2) is 3.81. The summed E-state index contributed by atoms with van der Waals surface area (Å²) in [4.78, 5) is 0. The van der Waals surface area contributed by atoms with Gasteiger partial charge in [0, 0.05) is 12.2 Å². The Labute approximate surface area is 79.6 Å². The maximum absolute atomic E-state index is 3.41. The van der Waals surface area contributed by atoms with Gasteiger partial charge in [-0.2, -0.15) is 0 Å². The lowest BCUT2D eigenvalue weighted by atomic mass is 9.96. The summed E-state index contributed by atoms with van der Waals surface area (Å²) in [6, 6.07) is 8.56. The molecule has 12 heavy (non-hydrogen) atoms. The van der Waals surface area contributed by atoms with E-state index in [4.69, 9.17) is 0 Å². The normalized spacial score (nSPS) is 20.2. The molecule has 1 aromatic carbocycles. The van der Waals surface area contributed by atoms with Crippen molar-refractivity contribution in [3.05, 3.63) is 29.8 Å². The molecule has 1 aliphatic heterocycles. The molecule has 0 unspecified atom stereocenters. The molecule has 0 aromatic heterocycles. The standard InChI is InChI=1S/C10H13N.ClH/c1-8-6-9-4-2-3-5-10(9)11-7-8;/h2-5,8,11H,6-7H2,1H3;1H/t8-;/m0./s1. The number of anilines is 1. The summed E-state index contributed by atoms with van der Waals surface area (Å²) >= 11 is 0. The summed E-state index contributed by atoms with van der Waals surface area (Å²) in [5, 5.41) is 3.41. The number of para-hydroxylation sites is 1. The molecule has 1 atom stereocenters. The van der Waals surface area contributed by atoms with E-state index in [-0.39, 0.29) is 12.4 Å². The number of benzene rings is 1. The molecule has 0 saturated carbocycles. The number of nitrogens with one attached hydrogen (secondary N) is 1. The molecular weight excluding hydrogens is 170 g/mol. The average Bonchev–Trinajstić information content (AvgIpc) is 2.04. The second-order valence-corrected chi connectivity index (χ2v) is 3.35. The van der Waals surface area contributed by atoms with Crippen molar-refractivity contribution in [2.24, 2.45) is 5.92 Å². The van der Waals surface area contributed by atoms with E-state index >= 15 is 0 Å². The van der Waals surface area contributed by atoms with Gasteiger partial charge in [-0.15, -0.1) is 12.4 Å². The molecule has 1 nitrogen and oxygen atoms in total. The Hall–Kier alpha value is -0.690. The lowest BCUT2D eigenvalue weighted by Crippen LogP contribution is -2.20. The van der Waals surface area contributed by atoms with Crippen LogP contribution in [0, 0.1) is 5.92 Å². The highest BCUT2D eigenvalue weighted by molar-refractivity contribution is 5.85. The molecular formula is C10H14ClN. The van der Waals surface area contributed by atoms with Crippen LogP contribution in [0.4, 0.5) is 5.69 Å². The van der Waals surface area contributed by atoms with E-state index in [0.717, 1.165) is 12.5 Å². The lowest BCUT2D eigenvalue weighted by Gasteiger charge is -2.22. The molecule has 0 aliphatic carbocycles. The fraction of sp³-hybridized carbons (Fsp3) is 0.400. The first-order valence-corrected chi connectivity index (χ1v) is 4.18. The highest BCUT2D eigenvalue weighted by Crippen LogP contribution is 2.23. The van der Waals surface area contributed by atoms with Crippen molar-refractivity contribution in [1.82, 2.24) is 0 Å². The highest BCUT2D eigenvalue weighted by Gasteiger charge is 2.12. The van der Waals surface area contributed by atoms with Crippen molar-refractivity contribution in [3.63, 3.8) is 0 Å². The second-order valence-electron chi connectivity index (χ2n) is 3.35. The number of hydrogen-bond donors (Lipinski definition) is 1. The molecule has 1 aromatic rings. The molecule has 0 bridgehead atoms. The minimum absolute atomic E-state index is 0. The van der Waals surface area contributed by atoms with Crippen molar-refractivity contribution in [2.45, 2.75) is 13.3 Å². The van der Waals surface area contributed by atoms with E-state index in [1.165, 1.54) is 17.7 Å². The number of hydrogen-bond acceptors (Lipinski definition) is 1. The van der Waals surface area contributed by atoms with E-state index in [9.17, 15) is 0 Å². The number of rotatable bonds is 0. The predicted octanol–water partition coefficient (Wildman–Crippen LogP) is 2.71. The summed E-state index contributed by atoms with van der Waals surface area (Å²) < 4.78 is 0. The Balaban J connectivity index is 0.000000720. The molecule has 0 saturated heterocycles. The summed E-state index contributed by atoms with van der Waals surface area (Å²) in [6.45, 7) is 3.40. The minimum atomic E-state index is 0. The van der Waals surface area contributed by atoms with Gasteiger partial charge in [-0.05, 0) is 24.0 Å². The van der Waals surface area contributed by atoms with Gasteiger partial charge in [-0.1, -0.05) is 25.1 Å². The molecule has 0 radical (unpaired) electrons. The van der Waals surface area contributed by atoms with Crippen LogP contribution >= 0.6 is 12.4 Å². The lowest BCUT2D eigenvalue weighted by molar-refractivity contribution is 0.595. The van der Waals surface area contributed by atoms with Gasteiger partial charge < -0.3 is 5.32 Å². The number of halogens is 1. The molecule has 1 N–H and O–H groups in total. The largest absolute Gasteiger partial charge is 0.385 e. The molecule has 0 amide bonds. The fourth-order valence-corrected chi connectivity index (χ4v) is 1.60. The van der Waals surface area contributed by atoms with Gasteiger partial charge >= 0.3 is 0 Å². The Bertz CT molecular complexity index is 260. The Morgan fingerprint density at radius 3 is 2.92 bits per heavy atom.